The Balaban J connectivity index is 1.81. The number of sulfonamides is 1. The van der Waals surface area contributed by atoms with E-state index in [4.69, 9.17) is 0 Å². The van der Waals surface area contributed by atoms with Crippen LogP contribution in [0.15, 0.2) is 18.3 Å². The van der Waals surface area contributed by atoms with Crippen LogP contribution in [0.25, 0.3) is 0 Å². The van der Waals surface area contributed by atoms with Gasteiger partial charge in [0.25, 0.3) is 0 Å². The summed E-state index contributed by atoms with van der Waals surface area (Å²) in [4.78, 5) is 6.64. The summed E-state index contributed by atoms with van der Waals surface area (Å²) in [6, 6.07) is 4.93. The molecule has 0 amide bonds. The number of hydrogen-bond acceptors (Lipinski definition) is 5. The highest BCUT2D eigenvalue weighted by atomic mass is 32.2. The van der Waals surface area contributed by atoms with Gasteiger partial charge in [0.15, 0.2) is 0 Å². The molecule has 0 aliphatic carbocycles. The molecule has 1 aromatic heterocycles. The van der Waals surface area contributed by atoms with Gasteiger partial charge >= 0.3 is 0 Å². The Hall–Kier alpha value is -1.18. The summed E-state index contributed by atoms with van der Waals surface area (Å²) < 4.78 is 24.6. The van der Waals surface area contributed by atoms with E-state index in [1.165, 1.54) is 6.26 Å². The molecule has 7 heteroatoms. The van der Waals surface area contributed by atoms with E-state index in [9.17, 15) is 8.42 Å². The van der Waals surface area contributed by atoms with Crippen LogP contribution >= 0.6 is 0 Å². The van der Waals surface area contributed by atoms with E-state index in [1.54, 1.807) is 4.31 Å². The molecule has 1 saturated heterocycles. The van der Waals surface area contributed by atoms with Crippen molar-refractivity contribution < 1.29 is 8.42 Å². The Kier molecular flexibility index (Phi) is 6.00. The Bertz CT molecular complexity index is 593. The molecule has 0 atom stereocenters. The van der Waals surface area contributed by atoms with E-state index in [0.29, 0.717) is 25.2 Å². The molecule has 1 aliphatic heterocycles. The summed E-state index contributed by atoms with van der Waals surface area (Å²) in [7, 11) is -1.00. The first-order chi connectivity index (χ1) is 10.8. The molecule has 1 aliphatic rings. The zero-order chi connectivity index (χ0) is 17.0. The van der Waals surface area contributed by atoms with Gasteiger partial charge in [0.05, 0.1) is 6.26 Å². The number of pyridine rings is 1. The predicted molar refractivity (Wildman–Crippen MR) is 94.1 cm³/mol. The maximum Gasteiger partial charge on any atom is 0.211 e. The topological polar surface area (TPSA) is 65.5 Å². The van der Waals surface area contributed by atoms with Crippen molar-refractivity contribution >= 4 is 15.8 Å². The molecular formula is C16H28N4O2S. The molecule has 0 saturated carbocycles. The van der Waals surface area contributed by atoms with Crippen LogP contribution in [0.3, 0.4) is 0 Å². The van der Waals surface area contributed by atoms with E-state index in [1.807, 2.05) is 19.3 Å². The largest absolute Gasteiger partial charge is 0.357 e. The molecule has 130 valence electrons. The summed E-state index contributed by atoms with van der Waals surface area (Å²) in [5.74, 6) is 0.977. The van der Waals surface area contributed by atoms with Crippen molar-refractivity contribution in [3.8, 4) is 0 Å². The van der Waals surface area contributed by atoms with Gasteiger partial charge in [0, 0.05) is 45.0 Å². The third-order valence-electron chi connectivity index (χ3n) is 4.46. The Morgan fingerprint density at radius 3 is 2.48 bits per heavy atom. The smallest absolute Gasteiger partial charge is 0.211 e. The minimum absolute atomic E-state index is 0.367. The molecule has 0 bridgehead atoms. The number of nitrogens with one attached hydrogen (secondary N) is 1. The Morgan fingerprint density at radius 2 is 2.00 bits per heavy atom. The lowest BCUT2D eigenvalue weighted by atomic mass is 10.1. The monoisotopic (exact) mass is 340 g/mol. The van der Waals surface area contributed by atoms with Gasteiger partial charge in [-0.25, -0.2) is 17.7 Å². The molecule has 2 rings (SSSR count). The highest BCUT2D eigenvalue weighted by Crippen LogP contribution is 2.15. The van der Waals surface area contributed by atoms with Gasteiger partial charge in [-0.1, -0.05) is 6.07 Å². The van der Waals surface area contributed by atoms with Crippen molar-refractivity contribution in [1.82, 2.24) is 14.6 Å². The van der Waals surface area contributed by atoms with Crippen LogP contribution in [0.4, 0.5) is 5.82 Å². The van der Waals surface area contributed by atoms with Gasteiger partial charge in [-0.2, -0.15) is 0 Å². The Morgan fingerprint density at radius 1 is 1.35 bits per heavy atom. The minimum Gasteiger partial charge on any atom is -0.357 e. The average molecular weight is 340 g/mol. The highest BCUT2D eigenvalue weighted by Gasteiger charge is 2.24. The first-order valence-electron chi connectivity index (χ1n) is 8.13. The summed E-state index contributed by atoms with van der Waals surface area (Å²) in [5, 5.41) is 3.51. The number of nitrogens with zero attached hydrogens (tertiary/aromatic N) is 3. The van der Waals surface area contributed by atoms with Crippen LogP contribution in [-0.2, 0) is 16.6 Å². The van der Waals surface area contributed by atoms with Crippen LogP contribution < -0.4 is 10.2 Å². The van der Waals surface area contributed by atoms with Crippen LogP contribution in [-0.4, -0.2) is 56.2 Å². The zero-order valence-corrected chi connectivity index (χ0v) is 15.3. The van der Waals surface area contributed by atoms with Crippen molar-refractivity contribution in [2.75, 3.05) is 31.3 Å². The maximum absolute atomic E-state index is 11.5. The number of rotatable bonds is 6. The minimum atomic E-state index is -3.05. The highest BCUT2D eigenvalue weighted by molar-refractivity contribution is 7.88. The third kappa shape index (κ3) is 5.16. The molecule has 0 radical (unpaired) electrons. The van der Waals surface area contributed by atoms with Crippen molar-refractivity contribution in [2.45, 2.75) is 45.3 Å². The van der Waals surface area contributed by atoms with Crippen LogP contribution in [0.1, 0.15) is 32.3 Å². The van der Waals surface area contributed by atoms with Crippen molar-refractivity contribution in [3.63, 3.8) is 0 Å². The zero-order valence-electron chi connectivity index (χ0n) is 14.5. The van der Waals surface area contributed by atoms with Crippen molar-refractivity contribution in [1.29, 1.82) is 0 Å². The quantitative estimate of drug-likeness (QED) is 0.849. The number of piperidine rings is 1. The van der Waals surface area contributed by atoms with Gasteiger partial charge in [-0.15, -0.1) is 0 Å². The second kappa shape index (κ2) is 7.59. The number of anilines is 1. The van der Waals surface area contributed by atoms with Crippen LogP contribution in [0, 0.1) is 0 Å². The normalized spacial score (nSPS) is 17.6. The molecule has 2 heterocycles. The van der Waals surface area contributed by atoms with E-state index in [0.717, 1.165) is 30.8 Å². The molecule has 23 heavy (non-hydrogen) atoms. The second-order valence-corrected chi connectivity index (χ2v) is 8.53. The van der Waals surface area contributed by atoms with Crippen molar-refractivity contribution in [2.24, 2.45) is 0 Å². The lowest BCUT2D eigenvalue weighted by molar-refractivity contribution is 0.290. The molecule has 0 unspecified atom stereocenters. The third-order valence-corrected chi connectivity index (χ3v) is 5.77. The molecular weight excluding hydrogens is 312 g/mol. The summed E-state index contributed by atoms with van der Waals surface area (Å²) in [5.41, 5.74) is 1.15. The molecule has 1 N–H and O–H groups in total. The lowest BCUT2D eigenvalue weighted by Crippen LogP contribution is -2.44. The van der Waals surface area contributed by atoms with Crippen LogP contribution in [0.2, 0.25) is 0 Å². The van der Waals surface area contributed by atoms with E-state index in [2.05, 4.69) is 35.1 Å². The Labute approximate surface area is 139 Å². The summed E-state index contributed by atoms with van der Waals surface area (Å²) in [6.07, 6.45) is 4.90. The maximum atomic E-state index is 11.5. The summed E-state index contributed by atoms with van der Waals surface area (Å²) in [6.45, 7) is 6.25. The first-order valence-corrected chi connectivity index (χ1v) is 9.98. The molecule has 0 spiro atoms. The van der Waals surface area contributed by atoms with E-state index >= 15 is 0 Å². The second-order valence-electron chi connectivity index (χ2n) is 6.55. The van der Waals surface area contributed by atoms with Gasteiger partial charge < -0.3 is 10.2 Å². The fraction of sp³-hybridized carbons (Fsp3) is 0.688. The first kappa shape index (κ1) is 18.2. The van der Waals surface area contributed by atoms with E-state index in [-0.39, 0.29) is 0 Å². The molecule has 6 nitrogen and oxygen atoms in total. The van der Waals surface area contributed by atoms with Crippen molar-refractivity contribution in [3.05, 3.63) is 23.9 Å². The van der Waals surface area contributed by atoms with Gasteiger partial charge in [0.1, 0.15) is 5.82 Å². The SMILES string of the molecule is CC(C)N(C)c1ccc(CNC2CCN(S(C)(=O)=O)CC2)cn1. The summed E-state index contributed by atoms with van der Waals surface area (Å²) >= 11 is 0. The molecule has 1 fully saturated rings. The lowest BCUT2D eigenvalue weighted by Gasteiger charge is -2.30. The number of aromatic nitrogens is 1. The van der Waals surface area contributed by atoms with E-state index < -0.39 is 10.0 Å². The van der Waals surface area contributed by atoms with Gasteiger partial charge in [-0.05, 0) is 38.3 Å². The standard InChI is InChI=1S/C16H28N4O2S/c1-13(2)19(3)16-6-5-14(12-18-16)11-17-15-7-9-20(10-8-15)23(4,21)22/h5-6,12-13,15,17H,7-11H2,1-4H3. The predicted octanol–water partition coefficient (Wildman–Crippen LogP) is 1.44. The molecule has 1 aromatic rings. The van der Waals surface area contributed by atoms with Gasteiger partial charge in [0.2, 0.25) is 10.0 Å². The fourth-order valence-corrected chi connectivity index (χ4v) is 3.52. The average Bonchev–Trinajstić information content (AvgIpc) is 2.52. The molecule has 0 aromatic carbocycles. The number of hydrogen-bond donors (Lipinski definition) is 1. The van der Waals surface area contributed by atoms with Crippen LogP contribution in [0.5, 0.6) is 0 Å². The van der Waals surface area contributed by atoms with Gasteiger partial charge in [-0.3, -0.25) is 0 Å². The fourth-order valence-electron chi connectivity index (χ4n) is 2.65.